The van der Waals surface area contributed by atoms with Crippen LogP contribution in [-0.2, 0) is 0 Å². The predicted molar refractivity (Wildman–Crippen MR) is 234 cm³/mol. The maximum Gasteiger partial charge on any atom is 0.178 e. The Morgan fingerprint density at radius 2 is 0.821 bits per heavy atom. The van der Waals surface area contributed by atoms with Crippen molar-refractivity contribution in [3.8, 4) is 33.4 Å². The second kappa shape index (κ2) is 13.3. The molecule has 10 aromatic rings. The average Bonchev–Trinajstić information content (AvgIpc) is 3.86. The van der Waals surface area contributed by atoms with E-state index in [1.54, 1.807) is 0 Å². The van der Waals surface area contributed by atoms with Gasteiger partial charge >= 0.3 is 0 Å². The fraction of sp³-hybridized carbons (Fsp3) is 0.0370. The van der Waals surface area contributed by atoms with E-state index in [1.807, 2.05) is 0 Å². The van der Waals surface area contributed by atoms with Crippen molar-refractivity contribution in [3.05, 3.63) is 217 Å². The first-order valence-corrected chi connectivity index (χ1v) is 19.3. The summed E-state index contributed by atoms with van der Waals surface area (Å²) in [5.74, 6) is 0.245. The minimum atomic E-state index is 0.245. The zero-order valence-electron chi connectivity index (χ0n) is 30.7. The van der Waals surface area contributed by atoms with Crippen molar-refractivity contribution in [2.24, 2.45) is 0 Å². The Balaban J connectivity index is 1.08. The van der Waals surface area contributed by atoms with Gasteiger partial charge in [-0.05, 0) is 86.8 Å². The first-order valence-electron chi connectivity index (χ1n) is 19.3. The lowest BCUT2D eigenvalue weighted by Crippen LogP contribution is -2.04. The molecule has 1 atom stereocenters. The van der Waals surface area contributed by atoms with Gasteiger partial charge in [0, 0.05) is 38.6 Å². The molecule has 2 heterocycles. The minimum Gasteiger partial charge on any atom is -0.451 e. The number of hydrogen-bond donors (Lipinski definition) is 0. The second-order valence-corrected chi connectivity index (χ2v) is 14.8. The smallest absolute Gasteiger partial charge is 0.178 e. The first-order chi connectivity index (χ1) is 27.7. The number of hydrogen-bond acceptors (Lipinski definition) is 2. The number of furan rings is 2. The third kappa shape index (κ3) is 5.49. The molecule has 2 heteroatoms. The Labute approximate surface area is 325 Å². The molecule has 11 rings (SSSR count). The highest BCUT2D eigenvalue weighted by Crippen LogP contribution is 2.46. The summed E-state index contributed by atoms with van der Waals surface area (Å²) in [5.41, 5.74) is 16.3. The van der Waals surface area contributed by atoms with Gasteiger partial charge in [0.2, 0.25) is 0 Å². The normalized spacial score (nSPS) is 14.4. The van der Waals surface area contributed by atoms with Crippen molar-refractivity contribution in [3.63, 3.8) is 0 Å². The van der Waals surface area contributed by atoms with Gasteiger partial charge in [-0.15, -0.1) is 0 Å². The molecule has 2 nitrogen and oxygen atoms in total. The molecule has 1 unspecified atom stereocenters. The van der Waals surface area contributed by atoms with Crippen LogP contribution in [0.3, 0.4) is 0 Å². The van der Waals surface area contributed by atoms with Gasteiger partial charge in [-0.3, -0.25) is 0 Å². The summed E-state index contributed by atoms with van der Waals surface area (Å²) >= 11 is 0. The number of benzene rings is 8. The van der Waals surface area contributed by atoms with E-state index in [1.165, 1.54) is 44.5 Å². The molecule has 0 amide bonds. The molecule has 0 fully saturated rings. The summed E-state index contributed by atoms with van der Waals surface area (Å²) in [6.45, 7) is 0. The maximum atomic E-state index is 7.01. The van der Waals surface area contributed by atoms with E-state index >= 15 is 0 Å². The van der Waals surface area contributed by atoms with Gasteiger partial charge in [0.25, 0.3) is 0 Å². The molecule has 0 saturated heterocycles. The van der Waals surface area contributed by atoms with Crippen molar-refractivity contribution in [2.75, 3.05) is 0 Å². The van der Waals surface area contributed by atoms with Gasteiger partial charge in [-0.2, -0.15) is 0 Å². The molecule has 0 saturated carbocycles. The van der Waals surface area contributed by atoms with Crippen LogP contribution in [0.5, 0.6) is 0 Å². The summed E-state index contributed by atoms with van der Waals surface area (Å²) in [6, 6.07) is 67.0. The molecule has 0 spiro atoms. The fourth-order valence-electron chi connectivity index (χ4n) is 8.69. The van der Waals surface area contributed by atoms with E-state index in [4.69, 9.17) is 8.83 Å². The first kappa shape index (κ1) is 32.3. The van der Waals surface area contributed by atoms with Crippen LogP contribution in [0.15, 0.2) is 209 Å². The van der Waals surface area contributed by atoms with Gasteiger partial charge in [-0.25, -0.2) is 0 Å². The average molecular weight is 717 g/mol. The van der Waals surface area contributed by atoms with Crippen molar-refractivity contribution >= 4 is 55.0 Å². The van der Waals surface area contributed by atoms with E-state index < -0.39 is 0 Å². The van der Waals surface area contributed by atoms with Crippen LogP contribution >= 0.6 is 0 Å². The van der Waals surface area contributed by atoms with Crippen molar-refractivity contribution in [1.29, 1.82) is 0 Å². The van der Waals surface area contributed by atoms with E-state index in [2.05, 4.69) is 200 Å². The monoisotopic (exact) mass is 716 g/mol. The molecule has 264 valence electrons. The Morgan fingerprint density at radius 1 is 0.357 bits per heavy atom. The lowest BCUT2D eigenvalue weighted by atomic mass is 9.81. The van der Waals surface area contributed by atoms with Gasteiger partial charge in [0.05, 0.1) is 0 Å². The third-order valence-electron chi connectivity index (χ3n) is 11.4. The highest BCUT2D eigenvalue weighted by molar-refractivity contribution is 6.21. The van der Waals surface area contributed by atoms with E-state index in [0.29, 0.717) is 0 Å². The second-order valence-electron chi connectivity index (χ2n) is 14.8. The fourth-order valence-corrected chi connectivity index (χ4v) is 8.69. The van der Waals surface area contributed by atoms with Crippen molar-refractivity contribution < 1.29 is 8.83 Å². The SMILES string of the molecule is C1=C(c2ccccc2)C=C(c2cccc3c2oc2c3ccc3c4cccc(-c5cc(-c6ccccc6)cc(-c6ccccc6)c5)c4oc32)CC1c1ccccc1. The molecular formula is C54H36O2. The van der Waals surface area contributed by atoms with Gasteiger partial charge in [0.15, 0.2) is 11.2 Å². The van der Waals surface area contributed by atoms with E-state index in [9.17, 15) is 0 Å². The van der Waals surface area contributed by atoms with Crippen molar-refractivity contribution in [1.82, 2.24) is 0 Å². The zero-order valence-corrected chi connectivity index (χ0v) is 30.7. The quantitative estimate of drug-likeness (QED) is 0.171. The van der Waals surface area contributed by atoms with Crippen LogP contribution in [0.25, 0.3) is 88.4 Å². The minimum absolute atomic E-state index is 0.245. The van der Waals surface area contributed by atoms with Crippen LogP contribution in [0.4, 0.5) is 0 Å². The van der Waals surface area contributed by atoms with Crippen LogP contribution < -0.4 is 0 Å². The summed E-state index contributed by atoms with van der Waals surface area (Å²) in [7, 11) is 0. The van der Waals surface area contributed by atoms with Crippen LogP contribution in [0.2, 0.25) is 0 Å². The number of allylic oxidation sites excluding steroid dienone is 4. The Bertz CT molecular complexity index is 3070. The molecule has 1 aliphatic rings. The number of rotatable bonds is 6. The molecule has 56 heavy (non-hydrogen) atoms. The Kier molecular flexibility index (Phi) is 7.67. The maximum absolute atomic E-state index is 7.01. The van der Waals surface area contributed by atoms with Crippen molar-refractivity contribution in [2.45, 2.75) is 12.3 Å². The number of fused-ring (bicyclic) bond motifs is 7. The highest BCUT2D eigenvalue weighted by Gasteiger charge is 2.24. The van der Waals surface area contributed by atoms with Gasteiger partial charge in [0.1, 0.15) is 11.2 Å². The topological polar surface area (TPSA) is 26.3 Å². The Morgan fingerprint density at radius 3 is 1.39 bits per heavy atom. The molecule has 0 bridgehead atoms. The van der Waals surface area contributed by atoms with Gasteiger partial charge < -0.3 is 8.83 Å². The Hall–Kier alpha value is -7.16. The summed E-state index contributed by atoms with van der Waals surface area (Å²) in [4.78, 5) is 0. The molecule has 1 aliphatic carbocycles. The molecular weight excluding hydrogens is 681 g/mol. The standard InChI is InChI=1S/C54H36O2/c1-5-15-35(16-6-1)39-29-40(36-17-7-2-8-18-36)32-43(31-39)45-23-13-25-47-49-27-28-50-48-26-14-24-46(52(48)56-54(50)53(49)55-51(45)47)44-33-41(37-19-9-3-10-20-37)30-42(34-44)38-21-11-4-12-22-38/h1-33,42H,34H2. The third-order valence-corrected chi connectivity index (χ3v) is 11.4. The van der Waals surface area contributed by atoms with Crippen LogP contribution in [-0.4, -0.2) is 0 Å². The summed E-state index contributed by atoms with van der Waals surface area (Å²) in [6.07, 6.45) is 5.65. The highest BCUT2D eigenvalue weighted by atomic mass is 16.4. The van der Waals surface area contributed by atoms with E-state index in [0.717, 1.165) is 67.0 Å². The summed E-state index contributed by atoms with van der Waals surface area (Å²) in [5, 5.41) is 4.27. The van der Waals surface area contributed by atoms with Gasteiger partial charge in [-0.1, -0.05) is 170 Å². The molecule has 8 aromatic carbocycles. The molecule has 0 N–H and O–H groups in total. The van der Waals surface area contributed by atoms with E-state index in [-0.39, 0.29) is 5.92 Å². The van der Waals surface area contributed by atoms with Crippen LogP contribution in [0.1, 0.15) is 29.0 Å². The molecule has 2 aromatic heterocycles. The molecule has 0 aliphatic heterocycles. The summed E-state index contributed by atoms with van der Waals surface area (Å²) < 4.78 is 14.0. The zero-order chi connectivity index (χ0) is 37.0. The largest absolute Gasteiger partial charge is 0.451 e. The number of para-hydroxylation sites is 2. The molecule has 0 radical (unpaired) electrons. The lowest BCUT2D eigenvalue weighted by molar-refractivity contribution is 0.633. The van der Waals surface area contributed by atoms with Crippen LogP contribution in [0, 0.1) is 0 Å². The predicted octanol–water partition coefficient (Wildman–Crippen LogP) is 15.1. The lowest BCUT2D eigenvalue weighted by Gasteiger charge is -2.23.